The SMILES string of the molecule is CCSc1nnc(NC(=O)c2cc(S(=O)(=O)N3CCCCC3)ccc2C)s1. The fourth-order valence-corrected chi connectivity index (χ4v) is 6.05. The van der Waals surface area contributed by atoms with Crippen LogP contribution in [0.3, 0.4) is 0 Å². The van der Waals surface area contributed by atoms with Gasteiger partial charge in [0.25, 0.3) is 5.91 Å². The molecule has 1 aliphatic heterocycles. The molecule has 2 heterocycles. The minimum absolute atomic E-state index is 0.152. The summed E-state index contributed by atoms with van der Waals surface area (Å²) in [6.07, 6.45) is 2.79. The second kappa shape index (κ2) is 8.68. The van der Waals surface area contributed by atoms with Crippen LogP contribution in [0.1, 0.15) is 42.1 Å². The van der Waals surface area contributed by atoms with Gasteiger partial charge >= 0.3 is 0 Å². The van der Waals surface area contributed by atoms with Gasteiger partial charge in [0.05, 0.1) is 4.90 Å². The first kappa shape index (κ1) is 20.2. The number of anilines is 1. The van der Waals surface area contributed by atoms with E-state index in [9.17, 15) is 13.2 Å². The number of amides is 1. The Labute approximate surface area is 167 Å². The van der Waals surface area contributed by atoms with Gasteiger partial charge in [-0.05, 0) is 43.2 Å². The zero-order valence-electron chi connectivity index (χ0n) is 15.3. The number of nitrogens with one attached hydrogen (secondary N) is 1. The van der Waals surface area contributed by atoms with E-state index in [4.69, 9.17) is 0 Å². The Balaban J connectivity index is 1.82. The van der Waals surface area contributed by atoms with Crippen molar-refractivity contribution in [3.8, 4) is 0 Å². The molecule has 1 fully saturated rings. The highest BCUT2D eigenvalue weighted by atomic mass is 32.2. The standard InChI is InChI=1S/C17H22N4O3S3/c1-3-25-17-20-19-16(26-17)18-15(22)14-11-13(8-7-12(14)2)27(23,24)21-9-5-4-6-10-21/h7-8,11H,3-6,9-10H2,1-2H3,(H,18,19,22). The van der Waals surface area contributed by atoms with Crippen molar-refractivity contribution in [3.05, 3.63) is 29.3 Å². The highest BCUT2D eigenvalue weighted by Crippen LogP contribution is 2.27. The van der Waals surface area contributed by atoms with Crippen molar-refractivity contribution in [2.24, 2.45) is 0 Å². The molecule has 0 spiro atoms. The number of aromatic nitrogens is 2. The summed E-state index contributed by atoms with van der Waals surface area (Å²) in [6.45, 7) is 4.85. The van der Waals surface area contributed by atoms with Crippen molar-refractivity contribution in [1.82, 2.24) is 14.5 Å². The van der Waals surface area contributed by atoms with E-state index in [0.717, 1.165) is 29.4 Å². The lowest BCUT2D eigenvalue weighted by atomic mass is 10.1. The molecule has 1 amide bonds. The van der Waals surface area contributed by atoms with Crippen LogP contribution < -0.4 is 5.32 Å². The van der Waals surface area contributed by atoms with Crippen molar-refractivity contribution in [3.63, 3.8) is 0 Å². The van der Waals surface area contributed by atoms with Crippen LogP contribution in [0.2, 0.25) is 0 Å². The molecule has 1 saturated heterocycles. The largest absolute Gasteiger partial charge is 0.296 e. The predicted molar refractivity (Wildman–Crippen MR) is 108 cm³/mol. The van der Waals surface area contributed by atoms with Crippen LogP contribution in [0.5, 0.6) is 0 Å². The van der Waals surface area contributed by atoms with Crippen LogP contribution in [-0.2, 0) is 10.0 Å². The minimum atomic E-state index is -3.59. The Hall–Kier alpha value is -1.49. The van der Waals surface area contributed by atoms with Crippen molar-refractivity contribution in [2.45, 2.75) is 42.3 Å². The van der Waals surface area contributed by atoms with E-state index in [1.807, 2.05) is 6.92 Å². The zero-order chi connectivity index (χ0) is 19.4. The van der Waals surface area contributed by atoms with E-state index in [1.54, 1.807) is 30.8 Å². The normalized spacial score (nSPS) is 15.6. The molecule has 1 N–H and O–H groups in total. The first-order valence-corrected chi connectivity index (χ1v) is 12.0. The number of nitrogens with zero attached hydrogens (tertiary/aromatic N) is 3. The molecule has 0 unspecified atom stereocenters. The van der Waals surface area contributed by atoms with Crippen molar-refractivity contribution < 1.29 is 13.2 Å². The molecule has 0 saturated carbocycles. The van der Waals surface area contributed by atoms with Gasteiger partial charge in [-0.1, -0.05) is 42.5 Å². The molecule has 3 rings (SSSR count). The highest BCUT2D eigenvalue weighted by Gasteiger charge is 2.27. The van der Waals surface area contributed by atoms with Gasteiger partial charge in [0.1, 0.15) is 0 Å². The van der Waals surface area contributed by atoms with Crippen molar-refractivity contribution in [2.75, 3.05) is 24.2 Å². The molecule has 10 heteroatoms. The van der Waals surface area contributed by atoms with E-state index < -0.39 is 10.0 Å². The Kier molecular flexibility index (Phi) is 6.51. The molecule has 2 aromatic rings. The summed E-state index contributed by atoms with van der Waals surface area (Å²) in [4.78, 5) is 12.8. The number of carbonyl (C=O) groups excluding carboxylic acids is 1. The first-order valence-electron chi connectivity index (χ1n) is 8.80. The molecule has 0 bridgehead atoms. The van der Waals surface area contributed by atoms with Gasteiger partial charge in [-0.2, -0.15) is 4.31 Å². The van der Waals surface area contributed by atoms with Gasteiger partial charge in [0.2, 0.25) is 15.2 Å². The topological polar surface area (TPSA) is 92.3 Å². The maximum atomic E-state index is 12.9. The molecule has 1 aromatic heterocycles. The van der Waals surface area contributed by atoms with Crippen LogP contribution in [0, 0.1) is 6.92 Å². The third kappa shape index (κ3) is 4.68. The van der Waals surface area contributed by atoms with Crippen LogP contribution in [0.4, 0.5) is 5.13 Å². The van der Waals surface area contributed by atoms with E-state index in [1.165, 1.54) is 21.7 Å². The molecule has 1 aromatic carbocycles. The van der Waals surface area contributed by atoms with E-state index >= 15 is 0 Å². The average Bonchev–Trinajstić information content (AvgIpc) is 3.10. The fraction of sp³-hybridized carbons (Fsp3) is 0.471. The Morgan fingerprint density at radius 3 is 2.70 bits per heavy atom. The summed E-state index contributed by atoms with van der Waals surface area (Å²) in [5.41, 5.74) is 1.03. The highest BCUT2D eigenvalue weighted by molar-refractivity contribution is 8.01. The summed E-state index contributed by atoms with van der Waals surface area (Å²) >= 11 is 2.85. The zero-order valence-corrected chi connectivity index (χ0v) is 17.7. The lowest BCUT2D eigenvalue weighted by Gasteiger charge is -2.26. The summed E-state index contributed by atoms with van der Waals surface area (Å²) in [5, 5.41) is 11.1. The lowest BCUT2D eigenvalue weighted by Crippen LogP contribution is -2.35. The molecule has 0 atom stereocenters. The van der Waals surface area contributed by atoms with Crippen LogP contribution >= 0.6 is 23.1 Å². The second-order valence-corrected chi connectivity index (χ2v) is 10.6. The smallest absolute Gasteiger partial charge is 0.257 e. The Morgan fingerprint density at radius 2 is 2.00 bits per heavy atom. The number of piperidine rings is 1. The van der Waals surface area contributed by atoms with Crippen LogP contribution in [0.25, 0.3) is 0 Å². The number of benzene rings is 1. The maximum absolute atomic E-state index is 12.9. The molecule has 0 aliphatic carbocycles. The monoisotopic (exact) mass is 426 g/mol. The molecule has 1 aliphatic rings. The van der Waals surface area contributed by atoms with Gasteiger partial charge in [-0.15, -0.1) is 10.2 Å². The van der Waals surface area contributed by atoms with Gasteiger partial charge < -0.3 is 0 Å². The third-order valence-corrected chi connectivity index (χ3v) is 8.05. The Morgan fingerprint density at radius 1 is 1.26 bits per heavy atom. The molecular weight excluding hydrogens is 404 g/mol. The van der Waals surface area contributed by atoms with E-state index in [0.29, 0.717) is 29.3 Å². The summed E-state index contributed by atoms with van der Waals surface area (Å²) in [5.74, 6) is 0.491. The van der Waals surface area contributed by atoms with Crippen molar-refractivity contribution >= 4 is 44.2 Å². The van der Waals surface area contributed by atoms with Crippen molar-refractivity contribution in [1.29, 1.82) is 0 Å². The predicted octanol–water partition coefficient (Wildman–Crippen LogP) is 3.39. The van der Waals surface area contributed by atoms with Gasteiger partial charge in [-0.3, -0.25) is 10.1 Å². The summed E-state index contributed by atoms with van der Waals surface area (Å²) in [7, 11) is -3.59. The first-order chi connectivity index (χ1) is 12.9. The molecule has 7 nitrogen and oxygen atoms in total. The summed E-state index contributed by atoms with van der Waals surface area (Å²) < 4.78 is 28.0. The quantitative estimate of drug-likeness (QED) is 0.562. The van der Waals surface area contributed by atoms with Gasteiger partial charge in [0, 0.05) is 18.7 Å². The number of rotatable bonds is 6. The second-order valence-electron chi connectivity index (χ2n) is 6.20. The molecular formula is C17H22N4O3S3. The summed E-state index contributed by atoms with van der Waals surface area (Å²) in [6, 6.07) is 4.69. The van der Waals surface area contributed by atoms with Gasteiger partial charge in [-0.25, -0.2) is 8.42 Å². The molecule has 146 valence electrons. The fourth-order valence-electron chi connectivity index (χ4n) is 2.87. The van der Waals surface area contributed by atoms with Crippen LogP contribution in [-0.4, -0.2) is 47.7 Å². The third-order valence-electron chi connectivity index (χ3n) is 4.30. The number of aryl methyl sites for hydroxylation is 1. The maximum Gasteiger partial charge on any atom is 0.257 e. The number of carbonyl (C=O) groups is 1. The number of sulfonamides is 1. The molecule has 27 heavy (non-hydrogen) atoms. The molecule has 0 radical (unpaired) electrons. The van der Waals surface area contributed by atoms with E-state index in [2.05, 4.69) is 15.5 Å². The van der Waals surface area contributed by atoms with E-state index in [-0.39, 0.29) is 10.8 Å². The number of thioether (sulfide) groups is 1. The average molecular weight is 427 g/mol. The number of hydrogen-bond donors (Lipinski definition) is 1. The lowest BCUT2D eigenvalue weighted by molar-refractivity contribution is 0.102. The number of hydrogen-bond acceptors (Lipinski definition) is 7. The minimum Gasteiger partial charge on any atom is -0.296 e. The Bertz CT molecular complexity index is 921. The van der Waals surface area contributed by atoms with Crippen LogP contribution in [0.15, 0.2) is 27.4 Å². The van der Waals surface area contributed by atoms with Gasteiger partial charge in [0.15, 0.2) is 4.34 Å².